The minimum atomic E-state index is -0.757. The molecule has 0 fully saturated rings. The molecule has 1 aromatic carbocycles. The van der Waals surface area contributed by atoms with E-state index in [-0.39, 0.29) is 19.1 Å². The third-order valence-corrected chi connectivity index (χ3v) is 4.43. The van der Waals surface area contributed by atoms with Crippen molar-refractivity contribution in [2.45, 2.75) is 24.3 Å². The van der Waals surface area contributed by atoms with Gasteiger partial charge in [0.25, 0.3) is 0 Å². The van der Waals surface area contributed by atoms with Crippen molar-refractivity contribution in [1.29, 1.82) is 0 Å². The molecular formula is C16H23N5O4S. The van der Waals surface area contributed by atoms with Crippen LogP contribution < -0.4 is 10.1 Å². The average molecular weight is 381 g/mol. The summed E-state index contributed by atoms with van der Waals surface area (Å²) >= 11 is 1.40. The molecule has 1 amide bonds. The molecule has 0 bridgehead atoms. The molecule has 0 spiro atoms. The molecule has 10 heteroatoms. The molecule has 0 aliphatic carbocycles. The monoisotopic (exact) mass is 381 g/mol. The number of aromatic nitrogens is 4. The molecule has 0 saturated carbocycles. The molecule has 26 heavy (non-hydrogen) atoms. The van der Waals surface area contributed by atoms with E-state index in [1.165, 1.54) is 11.8 Å². The van der Waals surface area contributed by atoms with Crippen molar-refractivity contribution in [2.75, 3.05) is 26.0 Å². The lowest BCUT2D eigenvalue weighted by Crippen LogP contribution is -2.34. The van der Waals surface area contributed by atoms with E-state index < -0.39 is 6.10 Å². The zero-order valence-electron chi connectivity index (χ0n) is 14.8. The SMILES string of the molecule is COc1ccc(COCC(O)CNC(=O)CCSc2nnnn2C)cc1. The molecule has 0 radical (unpaired) electrons. The second kappa shape index (κ2) is 10.7. The Labute approximate surface area is 156 Å². The third kappa shape index (κ3) is 6.98. The van der Waals surface area contributed by atoms with E-state index in [4.69, 9.17) is 9.47 Å². The van der Waals surface area contributed by atoms with E-state index in [0.717, 1.165) is 11.3 Å². The Morgan fingerprint density at radius 2 is 2.15 bits per heavy atom. The number of hydrogen-bond donors (Lipinski definition) is 2. The van der Waals surface area contributed by atoms with Crippen LogP contribution in [0.2, 0.25) is 0 Å². The first-order valence-electron chi connectivity index (χ1n) is 8.09. The van der Waals surface area contributed by atoms with Crippen molar-refractivity contribution in [3.8, 4) is 5.75 Å². The molecule has 0 aliphatic heterocycles. The van der Waals surface area contributed by atoms with Crippen LogP contribution in [0.15, 0.2) is 29.4 Å². The predicted octanol–water partition coefficient (Wildman–Crippen LogP) is 0.395. The number of methoxy groups -OCH3 is 1. The van der Waals surface area contributed by atoms with Gasteiger partial charge in [0.1, 0.15) is 5.75 Å². The highest BCUT2D eigenvalue weighted by Gasteiger charge is 2.09. The molecule has 1 unspecified atom stereocenters. The van der Waals surface area contributed by atoms with Crippen LogP contribution >= 0.6 is 11.8 Å². The normalized spacial score (nSPS) is 12.0. The minimum Gasteiger partial charge on any atom is -0.497 e. The summed E-state index contributed by atoms with van der Waals surface area (Å²) in [5.41, 5.74) is 0.984. The summed E-state index contributed by atoms with van der Waals surface area (Å²) in [5.74, 6) is 1.20. The summed E-state index contributed by atoms with van der Waals surface area (Å²) in [4.78, 5) is 11.8. The summed E-state index contributed by atoms with van der Waals surface area (Å²) in [5, 5.41) is 24.3. The molecule has 1 atom stereocenters. The summed E-state index contributed by atoms with van der Waals surface area (Å²) in [7, 11) is 3.35. The molecule has 0 saturated heterocycles. The quantitative estimate of drug-likeness (QED) is 0.538. The number of nitrogens with one attached hydrogen (secondary N) is 1. The number of benzene rings is 1. The second-order valence-corrected chi connectivity index (χ2v) is 6.57. The maximum absolute atomic E-state index is 11.8. The van der Waals surface area contributed by atoms with Crippen LogP contribution in [0.25, 0.3) is 0 Å². The van der Waals surface area contributed by atoms with Gasteiger partial charge in [0.2, 0.25) is 11.1 Å². The number of carbonyl (C=O) groups excluding carboxylic acids is 1. The van der Waals surface area contributed by atoms with E-state index in [1.807, 2.05) is 24.3 Å². The number of hydrogen-bond acceptors (Lipinski definition) is 8. The van der Waals surface area contributed by atoms with Gasteiger partial charge in [-0.05, 0) is 28.1 Å². The van der Waals surface area contributed by atoms with E-state index >= 15 is 0 Å². The summed E-state index contributed by atoms with van der Waals surface area (Å²) < 4.78 is 12.1. The highest BCUT2D eigenvalue weighted by Crippen LogP contribution is 2.13. The third-order valence-electron chi connectivity index (χ3n) is 3.41. The van der Waals surface area contributed by atoms with Crippen LogP contribution in [0.3, 0.4) is 0 Å². The molecule has 2 N–H and O–H groups in total. The largest absolute Gasteiger partial charge is 0.497 e. The fourth-order valence-corrected chi connectivity index (χ4v) is 2.78. The summed E-state index contributed by atoms with van der Waals surface area (Å²) in [6.07, 6.45) is -0.440. The molecule has 142 valence electrons. The second-order valence-electron chi connectivity index (χ2n) is 5.50. The van der Waals surface area contributed by atoms with Crippen molar-refractivity contribution >= 4 is 17.7 Å². The smallest absolute Gasteiger partial charge is 0.220 e. The van der Waals surface area contributed by atoms with E-state index in [1.54, 1.807) is 18.8 Å². The van der Waals surface area contributed by atoms with Crippen LogP contribution in [0.1, 0.15) is 12.0 Å². The number of thioether (sulfide) groups is 1. The van der Waals surface area contributed by atoms with Gasteiger partial charge in [-0.25, -0.2) is 4.68 Å². The van der Waals surface area contributed by atoms with Crippen molar-refractivity contribution in [1.82, 2.24) is 25.5 Å². The van der Waals surface area contributed by atoms with Gasteiger partial charge in [-0.3, -0.25) is 4.79 Å². The molecule has 1 heterocycles. The Morgan fingerprint density at radius 3 is 2.81 bits per heavy atom. The van der Waals surface area contributed by atoms with Gasteiger partial charge in [0, 0.05) is 25.8 Å². The number of aliphatic hydroxyl groups excluding tert-OH is 1. The van der Waals surface area contributed by atoms with Crippen LogP contribution in [0, 0.1) is 0 Å². The van der Waals surface area contributed by atoms with Crippen molar-refractivity contribution in [3.63, 3.8) is 0 Å². The molecule has 9 nitrogen and oxygen atoms in total. The van der Waals surface area contributed by atoms with Crippen LogP contribution in [0.5, 0.6) is 5.75 Å². The summed E-state index contributed by atoms with van der Waals surface area (Å²) in [6, 6.07) is 7.50. The lowest BCUT2D eigenvalue weighted by atomic mass is 10.2. The van der Waals surface area contributed by atoms with E-state index in [9.17, 15) is 9.90 Å². The maximum Gasteiger partial charge on any atom is 0.220 e. The Kier molecular flexibility index (Phi) is 8.32. The zero-order valence-corrected chi connectivity index (χ0v) is 15.6. The van der Waals surface area contributed by atoms with Crippen LogP contribution in [0.4, 0.5) is 0 Å². The van der Waals surface area contributed by atoms with Gasteiger partial charge >= 0.3 is 0 Å². The van der Waals surface area contributed by atoms with E-state index in [0.29, 0.717) is 23.9 Å². The summed E-state index contributed by atoms with van der Waals surface area (Å²) in [6.45, 7) is 0.681. The van der Waals surface area contributed by atoms with Gasteiger partial charge in [0.05, 0.1) is 26.4 Å². The number of carbonyl (C=O) groups is 1. The Morgan fingerprint density at radius 1 is 1.38 bits per heavy atom. The Hall–Kier alpha value is -2.17. The Balaban J connectivity index is 1.55. The Bertz CT molecular complexity index is 680. The van der Waals surface area contributed by atoms with Gasteiger partial charge in [-0.2, -0.15) is 0 Å². The number of ether oxygens (including phenoxy) is 2. The molecular weight excluding hydrogens is 358 g/mol. The topological polar surface area (TPSA) is 111 Å². The van der Waals surface area contributed by atoms with Gasteiger partial charge in [0.15, 0.2) is 0 Å². The first-order valence-corrected chi connectivity index (χ1v) is 9.07. The molecule has 0 aliphatic rings. The lowest BCUT2D eigenvalue weighted by Gasteiger charge is -2.12. The minimum absolute atomic E-state index is 0.137. The highest BCUT2D eigenvalue weighted by molar-refractivity contribution is 7.99. The van der Waals surface area contributed by atoms with Crippen molar-refractivity contribution < 1.29 is 19.4 Å². The van der Waals surface area contributed by atoms with Gasteiger partial charge in [-0.1, -0.05) is 23.9 Å². The van der Waals surface area contributed by atoms with Gasteiger partial charge < -0.3 is 19.9 Å². The molecule has 2 aromatic rings. The van der Waals surface area contributed by atoms with Crippen LogP contribution in [-0.4, -0.2) is 63.3 Å². The number of amides is 1. The lowest BCUT2D eigenvalue weighted by molar-refractivity contribution is -0.121. The predicted molar refractivity (Wildman–Crippen MR) is 95.8 cm³/mol. The fourth-order valence-electron chi connectivity index (χ4n) is 1.99. The van der Waals surface area contributed by atoms with E-state index in [2.05, 4.69) is 20.8 Å². The molecule has 1 aromatic heterocycles. The number of aryl methyl sites for hydroxylation is 1. The van der Waals surface area contributed by atoms with Crippen molar-refractivity contribution in [2.24, 2.45) is 7.05 Å². The van der Waals surface area contributed by atoms with Crippen LogP contribution in [-0.2, 0) is 23.2 Å². The maximum atomic E-state index is 11.8. The fraction of sp³-hybridized carbons (Fsp3) is 0.500. The van der Waals surface area contributed by atoms with Crippen molar-refractivity contribution in [3.05, 3.63) is 29.8 Å². The molecule has 2 rings (SSSR count). The number of nitrogens with zero attached hydrogens (tertiary/aromatic N) is 4. The average Bonchev–Trinajstić information content (AvgIpc) is 3.05. The first-order chi connectivity index (χ1) is 12.6. The highest BCUT2D eigenvalue weighted by atomic mass is 32.2. The number of tetrazole rings is 1. The number of rotatable bonds is 11. The standard InChI is InChI=1S/C16H23N5O4S/c1-21-16(18-19-20-21)26-8-7-15(23)17-9-13(22)11-25-10-12-3-5-14(24-2)6-4-12/h3-6,13,22H,7-11H2,1-2H3,(H,17,23). The number of aliphatic hydroxyl groups is 1. The zero-order chi connectivity index (χ0) is 18.8. The first kappa shape index (κ1) is 20.1. The van der Waals surface area contributed by atoms with Gasteiger partial charge in [-0.15, -0.1) is 5.10 Å².